The van der Waals surface area contributed by atoms with E-state index in [4.69, 9.17) is 4.74 Å². The molecule has 1 aromatic carbocycles. The van der Waals surface area contributed by atoms with Gasteiger partial charge in [-0.25, -0.2) is 0 Å². The third-order valence-electron chi connectivity index (χ3n) is 4.81. The van der Waals surface area contributed by atoms with Crippen LogP contribution >= 0.6 is 15.9 Å². The van der Waals surface area contributed by atoms with Crippen LogP contribution in [0.4, 0.5) is 13.2 Å². The summed E-state index contributed by atoms with van der Waals surface area (Å²) in [6.45, 7) is 9.67. The predicted octanol–water partition coefficient (Wildman–Crippen LogP) is 5.74. The van der Waals surface area contributed by atoms with Crippen LogP contribution in [0, 0.1) is 0 Å². The average molecular weight is 395 g/mol. The van der Waals surface area contributed by atoms with Crippen molar-refractivity contribution in [2.75, 3.05) is 6.61 Å². The molecule has 6 heteroatoms. The minimum Gasteiger partial charge on any atom is -0.373 e. The van der Waals surface area contributed by atoms with Crippen molar-refractivity contribution in [2.45, 2.75) is 57.1 Å². The summed E-state index contributed by atoms with van der Waals surface area (Å²) in [6, 6.07) is 2.74. The predicted molar refractivity (Wildman–Crippen MR) is 89.1 cm³/mol. The van der Waals surface area contributed by atoms with E-state index in [9.17, 15) is 13.2 Å². The molecule has 0 saturated heterocycles. The SMILES string of the molecule is C[SiH](C)C(C)(C)CO[C@H]1CCc2c1ccc(C(F)(F)F)c2Br. The summed E-state index contributed by atoms with van der Waals surface area (Å²) in [5.41, 5.74) is 1.06. The fraction of sp³-hybridized carbons (Fsp3) is 0.625. The second kappa shape index (κ2) is 6.28. The first-order valence-corrected chi connectivity index (χ1v) is 11.2. The first-order chi connectivity index (χ1) is 10.0. The van der Waals surface area contributed by atoms with Gasteiger partial charge in [0.2, 0.25) is 0 Å². The molecule has 0 spiro atoms. The summed E-state index contributed by atoms with van der Waals surface area (Å²) in [5.74, 6) is 0. The van der Waals surface area contributed by atoms with Crippen molar-refractivity contribution in [3.05, 3.63) is 33.3 Å². The maximum atomic E-state index is 13.0. The normalized spacial score (nSPS) is 18.9. The largest absolute Gasteiger partial charge is 0.417 e. The molecule has 0 bridgehead atoms. The summed E-state index contributed by atoms with van der Waals surface area (Å²) in [6.07, 6.45) is -3.02. The molecule has 1 aliphatic rings. The Bertz CT molecular complexity index is 555. The molecular formula is C16H22BrF3OSi. The first-order valence-electron chi connectivity index (χ1n) is 7.54. The lowest BCUT2D eigenvalue weighted by molar-refractivity contribution is -0.138. The average Bonchev–Trinajstić information content (AvgIpc) is 2.79. The molecule has 2 rings (SSSR count). The van der Waals surface area contributed by atoms with Crippen molar-refractivity contribution in [3.8, 4) is 0 Å². The van der Waals surface area contributed by atoms with Crippen LogP contribution in [-0.4, -0.2) is 15.4 Å². The van der Waals surface area contributed by atoms with Gasteiger partial charge in [-0.1, -0.05) is 33.0 Å². The van der Waals surface area contributed by atoms with Gasteiger partial charge < -0.3 is 4.74 Å². The molecule has 0 heterocycles. The van der Waals surface area contributed by atoms with Gasteiger partial charge >= 0.3 is 6.18 Å². The Morgan fingerprint density at radius 2 is 1.91 bits per heavy atom. The number of hydrogen-bond acceptors (Lipinski definition) is 1. The Morgan fingerprint density at radius 1 is 1.27 bits per heavy atom. The van der Waals surface area contributed by atoms with E-state index in [0.29, 0.717) is 13.0 Å². The van der Waals surface area contributed by atoms with E-state index in [0.717, 1.165) is 23.6 Å². The fourth-order valence-electron chi connectivity index (χ4n) is 2.50. The molecule has 1 aliphatic carbocycles. The van der Waals surface area contributed by atoms with E-state index in [1.165, 1.54) is 0 Å². The molecule has 0 N–H and O–H groups in total. The summed E-state index contributed by atoms with van der Waals surface area (Å²) >= 11 is 3.14. The van der Waals surface area contributed by atoms with Gasteiger partial charge in [-0.05, 0) is 51.0 Å². The molecule has 0 aromatic heterocycles. The quantitative estimate of drug-likeness (QED) is 0.591. The molecular weight excluding hydrogens is 373 g/mol. The van der Waals surface area contributed by atoms with Crippen molar-refractivity contribution < 1.29 is 17.9 Å². The van der Waals surface area contributed by atoms with Crippen LogP contribution < -0.4 is 0 Å². The van der Waals surface area contributed by atoms with Gasteiger partial charge in [-0.15, -0.1) is 0 Å². The van der Waals surface area contributed by atoms with Crippen molar-refractivity contribution in [3.63, 3.8) is 0 Å². The van der Waals surface area contributed by atoms with Gasteiger partial charge in [0.25, 0.3) is 0 Å². The van der Waals surface area contributed by atoms with Crippen LogP contribution in [0.25, 0.3) is 0 Å². The molecule has 0 saturated carbocycles. The Morgan fingerprint density at radius 3 is 2.45 bits per heavy atom. The highest BCUT2D eigenvalue weighted by Crippen LogP contribution is 2.44. The van der Waals surface area contributed by atoms with Crippen LogP contribution in [0.15, 0.2) is 16.6 Å². The minimum atomic E-state index is -4.32. The fourth-order valence-corrected chi connectivity index (χ4v) is 3.71. The zero-order chi connectivity index (χ0) is 16.7. The molecule has 0 radical (unpaired) electrons. The van der Waals surface area contributed by atoms with Crippen molar-refractivity contribution in [2.24, 2.45) is 0 Å². The highest BCUT2D eigenvalue weighted by atomic mass is 79.9. The minimum absolute atomic E-state index is 0.0828. The zero-order valence-corrected chi connectivity index (χ0v) is 16.1. The van der Waals surface area contributed by atoms with Crippen LogP contribution in [0.2, 0.25) is 18.1 Å². The van der Waals surface area contributed by atoms with Gasteiger partial charge in [-0.2, -0.15) is 13.2 Å². The topological polar surface area (TPSA) is 9.23 Å². The second-order valence-electron chi connectivity index (χ2n) is 6.97. The van der Waals surface area contributed by atoms with Crippen LogP contribution in [0.5, 0.6) is 0 Å². The lowest BCUT2D eigenvalue weighted by Gasteiger charge is -2.29. The molecule has 0 amide bonds. The summed E-state index contributed by atoms with van der Waals surface area (Å²) in [4.78, 5) is 0. The van der Waals surface area contributed by atoms with Gasteiger partial charge in [-0.3, -0.25) is 0 Å². The molecule has 0 aliphatic heterocycles. The monoisotopic (exact) mass is 394 g/mol. The van der Waals surface area contributed by atoms with E-state index in [1.807, 2.05) is 0 Å². The molecule has 1 atom stereocenters. The van der Waals surface area contributed by atoms with E-state index in [1.54, 1.807) is 6.07 Å². The third-order valence-corrected chi connectivity index (χ3v) is 9.01. The number of halogens is 4. The maximum absolute atomic E-state index is 13.0. The van der Waals surface area contributed by atoms with E-state index in [2.05, 4.69) is 42.9 Å². The lowest BCUT2D eigenvalue weighted by atomic mass is 10.1. The molecule has 1 nitrogen and oxygen atoms in total. The molecule has 0 fully saturated rings. The summed E-state index contributed by atoms with van der Waals surface area (Å²) < 4.78 is 45.1. The lowest BCUT2D eigenvalue weighted by Crippen LogP contribution is -2.26. The Balaban J connectivity index is 2.19. The Hall–Kier alpha value is -0.333. The molecule has 22 heavy (non-hydrogen) atoms. The third kappa shape index (κ3) is 3.59. The zero-order valence-electron chi connectivity index (χ0n) is 13.4. The summed E-state index contributed by atoms with van der Waals surface area (Å²) in [5, 5.41) is 0.186. The van der Waals surface area contributed by atoms with Crippen LogP contribution in [-0.2, 0) is 17.3 Å². The highest BCUT2D eigenvalue weighted by molar-refractivity contribution is 9.10. The van der Waals surface area contributed by atoms with Gasteiger partial charge in [0.1, 0.15) is 0 Å². The number of ether oxygens (including phenoxy) is 1. The molecule has 1 aromatic rings. The Kier molecular flexibility index (Phi) is 5.14. The standard InChI is InChI=1S/C16H22BrF3OSi/c1-15(2,22(3)4)9-21-13-8-6-11-10(13)5-7-12(14(11)17)16(18,19)20/h5,7,13,22H,6,8-9H2,1-4H3/t13-/m0/s1. The van der Waals surface area contributed by atoms with Crippen molar-refractivity contribution in [1.29, 1.82) is 0 Å². The van der Waals surface area contributed by atoms with Gasteiger partial charge in [0.05, 0.1) is 11.7 Å². The van der Waals surface area contributed by atoms with E-state index < -0.39 is 20.5 Å². The molecule has 124 valence electrons. The maximum Gasteiger partial charge on any atom is 0.417 e. The van der Waals surface area contributed by atoms with Crippen LogP contribution in [0.3, 0.4) is 0 Å². The van der Waals surface area contributed by atoms with Gasteiger partial charge in [0, 0.05) is 19.9 Å². The number of benzene rings is 1. The highest BCUT2D eigenvalue weighted by Gasteiger charge is 2.37. The number of hydrogen-bond donors (Lipinski definition) is 0. The summed E-state index contributed by atoms with van der Waals surface area (Å²) in [7, 11) is -0.850. The molecule has 0 unspecified atom stereocenters. The van der Waals surface area contributed by atoms with Crippen molar-refractivity contribution >= 4 is 24.7 Å². The Labute approximate surface area is 140 Å². The van der Waals surface area contributed by atoms with Crippen molar-refractivity contribution in [1.82, 2.24) is 0 Å². The van der Waals surface area contributed by atoms with E-state index in [-0.39, 0.29) is 15.6 Å². The van der Waals surface area contributed by atoms with Gasteiger partial charge in [0.15, 0.2) is 0 Å². The van der Waals surface area contributed by atoms with Crippen LogP contribution in [0.1, 0.15) is 43.1 Å². The first kappa shape index (κ1) is 18.0. The number of alkyl halides is 3. The number of fused-ring (bicyclic) bond motifs is 1. The number of rotatable bonds is 4. The second-order valence-corrected chi connectivity index (χ2v) is 11.6. The smallest absolute Gasteiger partial charge is 0.373 e. The van der Waals surface area contributed by atoms with E-state index >= 15 is 0 Å².